The molecule has 0 amide bonds. The third kappa shape index (κ3) is 3.08. The molecule has 1 unspecified atom stereocenters. The van der Waals surface area contributed by atoms with E-state index in [2.05, 4.69) is 10.1 Å². The zero-order valence-corrected chi connectivity index (χ0v) is 16.2. The Morgan fingerprint density at radius 1 is 1.22 bits per heavy atom. The summed E-state index contributed by atoms with van der Waals surface area (Å²) in [4.78, 5) is 15.7. The minimum atomic E-state index is -0.121. The van der Waals surface area contributed by atoms with Crippen LogP contribution in [0.3, 0.4) is 0 Å². The zero-order chi connectivity index (χ0) is 19.1. The second-order valence-corrected chi connectivity index (χ2v) is 7.19. The molecular weight excluding hydrogens is 362 g/mol. The van der Waals surface area contributed by atoms with Crippen LogP contribution in [0.4, 0.5) is 0 Å². The van der Waals surface area contributed by atoms with Crippen LogP contribution in [0.1, 0.15) is 29.2 Å². The number of methoxy groups -OCH3 is 1. The zero-order valence-electron chi connectivity index (χ0n) is 15.4. The number of aromatic nitrogens is 1. The van der Waals surface area contributed by atoms with Gasteiger partial charge in [0, 0.05) is 29.4 Å². The highest BCUT2D eigenvalue weighted by Crippen LogP contribution is 2.33. The van der Waals surface area contributed by atoms with Gasteiger partial charge in [-0.05, 0) is 48.4 Å². The van der Waals surface area contributed by atoms with E-state index in [0.29, 0.717) is 17.0 Å². The Balaban J connectivity index is 1.74. The van der Waals surface area contributed by atoms with Crippen LogP contribution in [0, 0.1) is 6.92 Å². The first-order chi connectivity index (χ1) is 13.0. The van der Waals surface area contributed by atoms with E-state index in [0.717, 1.165) is 33.5 Å². The third-order valence-electron chi connectivity index (χ3n) is 5.14. The molecule has 0 bridgehead atoms. The van der Waals surface area contributed by atoms with Crippen LogP contribution in [-0.2, 0) is 0 Å². The summed E-state index contributed by atoms with van der Waals surface area (Å²) in [5, 5.41) is 8.17. The van der Waals surface area contributed by atoms with Gasteiger partial charge in [0.15, 0.2) is 0 Å². The van der Waals surface area contributed by atoms with Crippen molar-refractivity contribution in [3.05, 3.63) is 74.5 Å². The quantitative estimate of drug-likeness (QED) is 0.736. The van der Waals surface area contributed by atoms with Crippen molar-refractivity contribution >= 4 is 28.2 Å². The molecule has 0 saturated heterocycles. The predicted molar refractivity (Wildman–Crippen MR) is 109 cm³/mol. The van der Waals surface area contributed by atoms with Crippen LogP contribution in [0.2, 0.25) is 5.02 Å². The molecule has 5 nitrogen and oxygen atoms in total. The van der Waals surface area contributed by atoms with Crippen molar-refractivity contribution in [2.45, 2.75) is 19.4 Å². The second kappa shape index (κ2) is 6.74. The highest BCUT2D eigenvalue weighted by Gasteiger charge is 2.28. The van der Waals surface area contributed by atoms with Crippen LogP contribution in [-0.4, -0.2) is 29.9 Å². The lowest BCUT2D eigenvalue weighted by atomic mass is 9.95. The summed E-state index contributed by atoms with van der Waals surface area (Å²) in [6.07, 6.45) is 0.665. The standard InChI is InChI=1S/C21H20ClN3O2/c1-12-16-10-14(22)6-9-17(16)23-21(26)20(12)18-11-19(25(2)24-18)13-4-7-15(27-3)8-5-13/h4-10,19H,11H2,1-3H3,(H,23,26). The highest BCUT2D eigenvalue weighted by atomic mass is 35.5. The van der Waals surface area contributed by atoms with Gasteiger partial charge in [-0.1, -0.05) is 23.7 Å². The second-order valence-electron chi connectivity index (χ2n) is 6.76. The molecule has 0 saturated carbocycles. The fourth-order valence-corrected chi connectivity index (χ4v) is 3.87. The number of hydrazone groups is 1. The van der Waals surface area contributed by atoms with Crippen molar-refractivity contribution in [1.82, 2.24) is 9.99 Å². The number of aromatic amines is 1. The molecule has 0 aliphatic carbocycles. The van der Waals surface area contributed by atoms with E-state index in [1.54, 1.807) is 13.2 Å². The Morgan fingerprint density at radius 3 is 2.67 bits per heavy atom. The van der Waals surface area contributed by atoms with Gasteiger partial charge in [0.05, 0.1) is 24.4 Å². The van der Waals surface area contributed by atoms with Crippen LogP contribution >= 0.6 is 11.6 Å². The van der Waals surface area contributed by atoms with E-state index < -0.39 is 0 Å². The number of benzene rings is 2. The Bertz CT molecular complexity index is 1100. The number of H-pyrrole nitrogens is 1. The number of fused-ring (bicyclic) bond motifs is 1. The first kappa shape index (κ1) is 17.6. The van der Waals surface area contributed by atoms with Crippen molar-refractivity contribution in [2.24, 2.45) is 5.10 Å². The predicted octanol–water partition coefficient (Wildman–Crippen LogP) is 4.28. The molecule has 3 aromatic rings. The maximum atomic E-state index is 12.8. The molecule has 2 aromatic carbocycles. The largest absolute Gasteiger partial charge is 0.497 e. The Morgan fingerprint density at radius 2 is 1.96 bits per heavy atom. The van der Waals surface area contributed by atoms with E-state index >= 15 is 0 Å². The molecule has 1 aliphatic rings. The van der Waals surface area contributed by atoms with Crippen molar-refractivity contribution in [2.75, 3.05) is 14.2 Å². The average Bonchev–Trinajstić information content (AvgIpc) is 3.04. The van der Waals surface area contributed by atoms with E-state index in [-0.39, 0.29) is 11.6 Å². The van der Waals surface area contributed by atoms with E-state index in [4.69, 9.17) is 16.3 Å². The first-order valence-corrected chi connectivity index (χ1v) is 9.12. The number of rotatable bonds is 3. The molecule has 1 atom stereocenters. The SMILES string of the molecule is COc1ccc(C2CC(c3c(C)c4cc(Cl)ccc4[nH]c3=O)=NN2C)cc1. The van der Waals surface area contributed by atoms with Gasteiger partial charge >= 0.3 is 0 Å². The molecule has 0 spiro atoms. The van der Waals surface area contributed by atoms with Crippen molar-refractivity contribution in [3.63, 3.8) is 0 Å². The lowest BCUT2D eigenvalue weighted by Gasteiger charge is -2.19. The van der Waals surface area contributed by atoms with Gasteiger partial charge in [-0.15, -0.1) is 0 Å². The van der Waals surface area contributed by atoms with Crippen molar-refractivity contribution in [3.8, 4) is 5.75 Å². The van der Waals surface area contributed by atoms with E-state index in [1.807, 2.05) is 55.4 Å². The minimum absolute atomic E-state index is 0.0831. The Kier molecular flexibility index (Phi) is 4.40. The third-order valence-corrected chi connectivity index (χ3v) is 5.38. The first-order valence-electron chi connectivity index (χ1n) is 8.74. The summed E-state index contributed by atoms with van der Waals surface area (Å²) in [6, 6.07) is 13.5. The summed E-state index contributed by atoms with van der Waals surface area (Å²) in [6.45, 7) is 1.95. The van der Waals surface area contributed by atoms with Crippen molar-refractivity contribution in [1.29, 1.82) is 0 Å². The van der Waals surface area contributed by atoms with Crippen LogP contribution in [0.25, 0.3) is 10.9 Å². The molecule has 138 valence electrons. The Hall–Kier alpha value is -2.79. The lowest BCUT2D eigenvalue weighted by molar-refractivity contribution is 0.289. The monoisotopic (exact) mass is 381 g/mol. The van der Waals surface area contributed by atoms with E-state index in [1.165, 1.54) is 0 Å². The smallest absolute Gasteiger partial charge is 0.257 e. The molecule has 6 heteroatoms. The maximum Gasteiger partial charge on any atom is 0.257 e. The van der Waals surface area contributed by atoms with Crippen molar-refractivity contribution < 1.29 is 4.74 Å². The number of ether oxygens (including phenoxy) is 1. The lowest BCUT2D eigenvalue weighted by Crippen LogP contribution is -2.20. The highest BCUT2D eigenvalue weighted by molar-refractivity contribution is 6.31. The Labute approximate surface area is 162 Å². The van der Waals surface area contributed by atoms with Crippen LogP contribution in [0.5, 0.6) is 5.75 Å². The van der Waals surface area contributed by atoms with Crippen LogP contribution < -0.4 is 10.3 Å². The molecule has 1 aliphatic heterocycles. The van der Waals surface area contributed by atoms with E-state index in [9.17, 15) is 4.79 Å². The van der Waals surface area contributed by atoms with Gasteiger partial charge in [-0.3, -0.25) is 9.80 Å². The topological polar surface area (TPSA) is 57.7 Å². The molecule has 1 aromatic heterocycles. The van der Waals surface area contributed by atoms with Gasteiger partial charge in [-0.25, -0.2) is 0 Å². The normalized spacial score (nSPS) is 16.7. The minimum Gasteiger partial charge on any atom is -0.497 e. The summed E-state index contributed by atoms with van der Waals surface area (Å²) in [7, 11) is 3.59. The summed E-state index contributed by atoms with van der Waals surface area (Å²) in [5.74, 6) is 0.819. The molecule has 4 rings (SSSR count). The molecule has 27 heavy (non-hydrogen) atoms. The fraction of sp³-hybridized carbons (Fsp3) is 0.238. The van der Waals surface area contributed by atoms with Gasteiger partial charge in [0.2, 0.25) is 0 Å². The summed E-state index contributed by atoms with van der Waals surface area (Å²) < 4.78 is 5.23. The van der Waals surface area contributed by atoms with Gasteiger partial charge in [0.25, 0.3) is 5.56 Å². The summed E-state index contributed by atoms with van der Waals surface area (Å²) in [5.41, 5.74) is 4.12. The number of nitrogens with one attached hydrogen (secondary N) is 1. The molecular formula is C21H20ClN3O2. The van der Waals surface area contributed by atoms with Gasteiger partial charge in [0.1, 0.15) is 5.75 Å². The molecule has 0 fully saturated rings. The number of hydrogen-bond acceptors (Lipinski definition) is 4. The maximum absolute atomic E-state index is 12.8. The molecule has 2 heterocycles. The summed E-state index contributed by atoms with van der Waals surface area (Å²) >= 11 is 6.15. The fourth-order valence-electron chi connectivity index (χ4n) is 3.70. The number of nitrogens with zero attached hydrogens (tertiary/aromatic N) is 2. The molecule has 1 N–H and O–H groups in total. The average molecular weight is 382 g/mol. The number of halogens is 1. The van der Waals surface area contributed by atoms with Crippen LogP contribution in [0.15, 0.2) is 52.4 Å². The number of hydrogen-bond donors (Lipinski definition) is 1. The number of pyridine rings is 1. The van der Waals surface area contributed by atoms with Gasteiger partial charge in [-0.2, -0.15) is 5.10 Å². The molecule has 0 radical (unpaired) electrons. The number of aryl methyl sites for hydroxylation is 1. The van der Waals surface area contributed by atoms with Gasteiger partial charge < -0.3 is 9.72 Å².